The average molecular weight is 177 g/mol. The third-order valence-electron chi connectivity index (χ3n) is 0.451. The van der Waals surface area contributed by atoms with Crippen LogP contribution in [0, 0.1) is 0 Å². The summed E-state index contributed by atoms with van der Waals surface area (Å²) in [5.41, 5.74) is 0. The van der Waals surface area contributed by atoms with Crippen molar-refractivity contribution in [1.82, 2.24) is 0 Å². The Balaban J connectivity index is 3.54. The van der Waals surface area contributed by atoms with Gasteiger partial charge in [-0.25, -0.2) is 0 Å². The lowest BCUT2D eigenvalue weighted by molar-refractivity contribution is -0.123. The molecule has 0 saturated heterocycles. The molecule has 0 aliphatic heterocycles. The number of alkyl halides is 4. The lowest BCUT2D eigenvalue weighted by Gasteiger charge is -2.05. The summed E-state index contributed by atoms with van der Waals surface area (Å²) in [6.45, 7) is 1.04. The molecular weight excluding hydrogens is 173 g/mol. The summed E-state index contributed by atoms with van der Waals surface area (Å²) in [6, 6.07) is 0. The first-order valence-corrected chi connectivity index (χ1v) is 2.57. The third-order valence-corrected chi connectivity index (χ3v) is 0.970. The van der Waals surface area contributed by atoms with E-state index in [1.165, 1.54) is 0 Å². The Morgan fingerprint density at radius 3 is 1.57 bits per heavy atom. The summed E-state index contributed by atoms with van der Waals surface area (Å²) in [4.78, 5) is -1.39. The van der Waals surface area contributed by atoms with Crippen molar-refractivity contribution in [3.05, 3.63) is 0 Å². The van der Waals surface area contributed by atoms with Crippen LogP contribution in [0.1, 0.15) is 6.92 Å². The predicted molar refractivity (Wildman–Crippen MR) is 24.4 cm³/mol. The fourth-order valence-corrected chi connectivity index (χ4v) is 0. The standard InChI is InChI=1S/C3H4BrF3/c1-2(4)3(5,6)7/h2H,1H3/t2-/m0/s1. The molecule has 0 unspecified atom stereocenters. The molecule has 0 aromatic heterocycles. The van der Waals surface area contributed by atoms with Crippen LogP contribution in [-0.4, -0.2) is 11.0 Å². The zero-order valence-corrected chi connectivity index (χ0v) is 5.18. The van der Waals surface area contributed by atoms with E-state index in [0.717, 1.165) is 6.92 Å². The summed E-state index contributed by atoms with van der Waals surface area (Å²) in [5.74, 6) is 0. The van der Waals surface area contributed by atoms with Crippen molar-refractivity contribution in [1.29, 1.82) is 0 Å². The Bertz CT molecular complexity index is 55.7. The average Bonchev–Trinajstić information content (AvgIpc) is 1.31. The highest BCUT2D eigenvalue weighted by atomic mass is 79.9. The van der Waals surface area contributed by atoms with Crippen LogP contribution >= 0.6 is 15.9 Å². The predicted octanol–water partition coefficient (Wildman–Crippen LogP) is 2.33. The van der Waals surface area contributed by atoms with Crippen LogP contribution in [0.15, 0.2) is 0 Å². The van der Waals surface area contributed by atoms with Gasteiger partial charge < -0.3 is 0 Å². The van der Waals surface area contributed by atoms with E-state index < -0.39 is 11.0 Å². The van der Waals surface area contributed by atoms with Gasteiger partial charge in [-0.1, -0.05) is 15.9 Å². The molecule has 0 aliphatic carbocycles. The molecule has 0 aromatic carbocycles. The summed E-state index contributed by atoms with van der Waals surface area (Å²) in [5, 5.41) is 0. The molecule has 0 amide bonds. The third kappa shape index (κ3) is 2.91. The SMILES string of the molecule is C[C@H](Br)C(F)(F)F. The van der Waals surface area contributed by atoms with E-state index in [9.17, 15) is 13.2 Å². The van der Waals surface area contributed by atoms with E-state index in [1.54, 1.807) is 0 Å². The molecule has 0 spiro atoms. The monoisotopic (exact) mass is 176 g/mol. The molecule has 0 bridgehead atoms. The van der Waals surface area contributed by atoms with Gasteiger partial charge in [-0.2, -0.15) is 13.2 Å². The number of rotatable bonds is 0. The fraction of sp³-hybridized carbons (Fsp3) is 1.00. The summed E-state index contributed by atoms with van der Waals surface area (Å²) in [6.07, 6.45) is -4.08. The quantitative estimate of drug-likeness (QED) is 0.498. The van der Waals surface area contributed by atoms with Gasteiger partial charge in [0.05, 0.1) is 0 Å². The van der Waals surface area contributed by atoms with Crippen molar-refractivity contribution < 1.29 is 13.2 Å². The van der Waals surface area contributed by atoms with Crippen molar-refractivity contribution in [2.75, 3.05) is 0 Å². The second-order valence-corrected chi connectivity index (χ2v) is 2.53. The second kappa shape index (κ2) is 2.03. The maximum Gasteiger partial charge on any atom is 0.400 e. The summed E-state index contributed by atoms with van der Waals surface area (Å²) >= 11 is 2.37. The largest absolute Gasteiger partial charge is 0.400 e. The van der Waals surface area contributed by atoms with E-state index in [1.807, 2.05) is 0 Å². The Kier molecular flexibility index (Phi) is 2.10. The molecular formula is C3H4BrF3. The topological polar surface area (TPSA) is 0 Å². The van der Waals surface area contributed by atoms with Crippen LogP contribution in [0.4, 0.5) is 13.2 Å². The van der Waals surface area contributed by atoms with Gasteiger partial charge >= 0.3 is 6.18 Å². The molecule has 1 atom stereocenters. The first kappa shape index (κ1) is 7.27. The highest BCUT2D eigenvalue weighted by molar-refractivity contribution is 9.09. The number of hydrogen-bond donors (Lipinski definition) is 0. The molecule has 0 saturated carbocycles. The molecule has 4 heteroatoms. The van der Waals surface area contributed by atoms with Gasteiger partial charge in [0.1, 0.15) is 4.83 Å². The van der Waals surface area contributed by atoms with Crippen molar-refractivity contribution >= 4 is 15.9 Å². The van der Waals surface area contributed by atoms with Crippen LogP contribution in [0.5, 0.6) is 0 Å². The summed E-state index contributed by atoms with van der Waals surface area (Å²) < 4.78 is 33.4. The van der Waals surface area contributed by atoms with Crippen LogP contribution in [0.25, 0.3) is 0 Å². The number of halogens is 4. The molecule has 0 radical (unpaired) electrons. The van der Waals surface area contributed by atoms with Crippen molar-refractivity contribution in [2.45, 2.75) is 17.9 Å². The van der Waals surface area contributed by atoms with Gasteiger partial charge in [0, 0.05) is 0 Å². The Labute approximate surface area is 47.8 Å². The normalized spacial score (nSPS) is 16.7. The van der Waals surface area contributed by atoms with E-state index in [-0.39, 0.29) is 0 Å². The van der Waals surface area contributed by atoms with Crippen LogP contribution in [0.2, 0.25) is 0 Å². The molecule has 0 heterocycles. The minimum Gasteiger partial charge on any atom is -0.170 e. The zero-order valence-electron chi connectivity index (χ0n) is 3.59. The highest BCUT2D eigenvalue weighted by Crippen LogP contribution is 2.24. The Morgan fingerprint density at radius 1 is 1.43 bits per heavy atom. The van der Waals surface area contributed by atoms with Gasteiger partial charge in [0.25, 0.3) is 0 Å². The maximum absolute atomic E-state index is 11.1. The molecule has 0 rings (SSSR count). The first-order valence-electron chi connectivity index (χ1n) is 1.65. The summed E-state index contributed by atoms with van der Waals surface area (Å²) in [7, 11) is 0. The first-order chi connectivity index (χ1) is 2.94. The Morgan fingerprint density at radius 2 is 1.57 bits per heavy atom. The highest BCUT2D eigenvalue weighted by Gasteiger charge is 2.33. The van der Waals surface area contributed by atoms with Gasteiger partial charge in [0.15, 0.2) is 0 Å². The van der Waals surface area contributed by atoms with E-state index in [4.69, 9.17) is 0 Å². The van der Waals surface area contributed by atoms with Gasteiger partial charge in [-0.15, -0.1) is 0 Å². The van der Waals surface area contributed by atoms with Gasteiger partial charge in [-0.3, -0.25) is 0 Å². The molecule has 0 fully saturated rings. The van der Waals surface area contributed by atoms with Crippen molar-refractivity contribution in [3.63, 3.8) is 0 Å². The second-order valence-electron chi connectivity index (χ2n) is 1.16. The minimum atomic E-state index is -4.08. The van der Waals surface area contributed by atoms with Crippen molar-refractivity contribution in [3.8, 4) is 0 Å². The van der Waals surface area contributed by atoms with Gasteiger partial charge in [-0.05, 0) is 6.92 Å². The Hall–Kier alpha value is 0.270. The molecule has 44 valence electrons. The van der Waals surface area contributed by atoms with Crippen LogP contribution in [-0.2, 0) is 0 Å². The molecule has 0 aliphatic rings. The van der Waals surface area contributed by atoms with Crippen LogP contribution < -0.4 is 0 Å². The number of hydrogen-bond acceptors (Lipinski definition) is 0. The molecule has 0 aromatic rings. The molecule has 0 nitrogen and oxygen atoms in total. The van der Waals surface area contributed by atoms with E-state index in [2.05, 4.69) is 15.9 Å². The van der Waals surface area contributed by atoms with Gasteiger partial charge in [0.2, 0.25) is 0 Å². The zero-order chi connectivity index (χ0) is 6.08. The minimum absolute atomic E-state index is 1.04. The lowest BCUT2D eigenvalue weighted by Crippen LogP contribution is -2.18. The van der Waals surface area contributed by atoms with Crippen molar-refractivity contribution in [2.24, 2.45) is 0 Å². The van der Waals surface area contributed by atoms with Crippen LogP contribution in [0.3, 0.4) is 0 Å². The fourth-order valence-electron chi connectivity index (χ4n) is 0. The molecule has 0 N–H and O–H groups in total. The lowest BCUT2D eigenvalue weighted by atomic mass is 10.5. The van der Waals surface area contributed by atoms with E-state index in [0.29, 0.717) is 0 Å². The molecule has 7 heavy (non-hydrogen) atoms. The smallest absolute Gasteiger partial charge is 0.170 e. The van der Waals surface area contributed by atoms with E-state index >= 15 is 0 Å². The maximum atomic E-state index is 11.1.